The van der Waals surface area contributed by atoms with E-state index in [9.17, 15) is 9.18 Å². The molecular formula is C21H24ClFN2O3. The Morgan fingerprint density at radius 2 is 1.79 bits per heavy atom. The van der Waals surface area contributed by atoms with Gasteiger partial charge < -0.3 is 14.8 Å². The van der Waals surface area contributed by atoms with Crippen LogP contribution >= 0.6 is 11.6 Å². The monoisotopic (exact) mass is 406 g/mol. The first-order valence-corrected chi connectivity index (χ1v) is 9.64. The number of carbonyl (C=O) groups is 1. The van der Waals surface area contributed by atoms with Crippen molar-refractivity contribution in [1.29, 1.82) is 0 Å². The number of carbonyl (C=O) groups excluding carboxylic acids is 1. The van der Waals surface area contributed by atoms with Gasteiger partial charge in [-0.15, -0.1) is 0 Å². The van der Waals surface area contributed by atoms with Crippen molar-refractivity contribution < 1.29 is 18.7 Å². The molecule has 28 heavy (non-hydrogen) atoms. The molecule has 0 saturated heterocycles. The number of nitrogens with one attached hydrogen (secondary N) is 2. The van der Waals surface area contributed by atoms with Crippen LogP contribution in [-0.2, 0) is 4.79 Å². The summed E-state index contributed by atoms with van der Waals surface area (Å²) in [6, 6.07) is 9.30. The number of amides is 1. The smallest absolute Gasteiger partial charge is 0.241 e. The summed E-state index contributed by atoms with van der Waals surface area (Å²) in [7, 11) is 0. The molecule has 2 aromatic rings. The number of fused-ring (bicyclic) bond motifs is 1. The molecule has 5 nitrogen and oxygen atoms in total. The molecule has 0 unspecified atom stereocenters. The maximum Gasteiger partial charge on any atom is 0.241 e. The summed E-state index contributed by atoms with van der Waals surface area (Å²) in [5, 5.41) is 6.21. The molecule has 1 amide bonds. The molecule has 0 radical (unpaired) electrons. The highest BCUT2D eigenvalue weighted by Gasteiger charge is 2.24. The number of hydrogen-bond donors (Lipinski definition) is 2. The van der Waals surface area contributed by atoms with E-state index in [1.165, 1.54) is 18.2 Å². The van der Waals surface area contributed by atoms with Crippen molar-refractivity contribution in [3.63, 3.8) is 0 Å². The molecule has 1 aliphatic rings. The van der Waals surface area contributed by atoms with Gasteiger partial charge in [0.25, 0.3) is 0 Å². The summed E-state index contributed by atoms with van der Waals surface area (Å²) in [5.74, 6) is 0.743. The van der Waals surface area contributed by atoms with E-state index < -0.39 is 11.9 Å². The highest BCUT2D eigenvalue weighted by atomic mass is 35.5. The van der Waals surface area contributed by atoms with Crippen LogP contribution in [0.5, 0.6) is 11.5 Å². The van der Waals surface area contributed by atoms with Crippen LogP contribution in [0.1, 0.15) is 32.4 Å². The van der Waals surface area contributed by atoms with Crippen LogP contribution in [0.15, 0.2) is 36.4 Å². The zero-order chi connectivity index (χ0) is 20.3. The van der Waals surface area contributed by atoms with E-state index in [0.717, 1.165) is 11.3 Å². The molecule has 2 N–H and O–H groups in total. The van der Waals surface area contributed by atoms with Crippen LogP contribution in [0.3, 0.4) is 0 Å². The van der Waals surface area contributed by atoms with Gasteiger partial charge in [-0.05, 0) is 48.7 Å². The predicted molar refractivity (Wildman–Crippen MR) is 108 cm³/mol. The molecule has 7 heteroatoms. The molecule has 0 bridgehead atoms. The first kappa shape index (κ1) is 20.4. The van der Waals surface area contributed by atoms with Gasteiger partial charge in [-0.1, -0.05) is 31.5 Å². The van der Waals surface area contributed by atoms with Crippen LogP contribution in [0, 0.1) is 11.7 Å². The van der Waals surface area contributed by atoms with E-state index in [1.807, 2.05) is 18.2 Å². The lowest BCUT2D eigenvalue weighted by atomic mass is 9.94. The zero-order valence-electron chi connectivity index (χ0n) is 16.1. The highest BCUT2D eigenvalue weighted by Crippen LogP contribution is 2.34. The Hall–Kier alpha value is -2.31. The number of benzene rings is 2. The molecule has 1 heterocycles. The summed E-state index contributed by atoms with van der Waals surface area (Å²) in [6.07, 6.45) is 0. The lowest BCUT2D eigenvalue weighted by Gasteiger charge is -2.28. The average Bonchev–Trinajstić information content (AvgIpc) is 2.67. The summed E-state index contributed by atoms with van der Waals surface area (Å²) < 4.78 is 25.2. The lowest BCUT2D eigenvalue weighted by molar-refractivity contribution is -0.118. The number of rotatable bonds is 6. The molecule has 150 valence electrons. The molecule has 2 atom stereocenters. The van der Waals surface area contributed by atoms with Crippen molar-refractivity contribution in [1.82, 2.24) is 5.32 Å². The normalized spacial score (nSPS) is 15.2. The van der Waals surface area contributed by atoms with Gasteiger partial charge in [0.15, 0.2) is 11.5 Å². The Labute approximate surface area is 169 Å². The molecule has 2 aromatic carbocycles. The topological polar surface area (TPSA) is 59.6 Å². The Balaban J connectivity index is 1.72. The third kappa shape index (κ3) is 4.75. The number of halogens is 2. The minimum atomic E-state index is -0.569. The van der Waals surface area contributed by atoms with Crippen molar-refractivity contribution in [2.24, 2.45) is 5.92 Å². The molecule has 0 fully saturated rings. The molecule has 0 saturated carbocycles. The Kier molecular flexibility index (Phi) is 6.42. The molecule has 3 rings (SSSR count). The van der Waals surface area contributed by atoms with Crippen molar-refractivity contribution in [2.45, 2.75) is 32.9 Å². The summed E-state index contributed by atoms with van der Waals surface area (Å²) in [6.45, 7) is 6.94. The zero-order valence-corrected chi connectivity index (χ0v) is 16.8. The highest BCUT2D eigenvalue weighted by molar-refractivity contribution is 6.30. The maximum absolute atomic E-state index is 13.9. The minimum absolute atomic E-state index is 0.0911. The molecule has 0 spiro atoms. The third-order valence-electron chi connectivity index (χ3n) is 4.60. The van der Waals surface area contributed by atoms with Gasteiger partial charge in [0, 0.05) is 11.1 Å². The average molecular weight is 407 g/mol. The Morgan fingerprint density at radius 3 is 2.46 bits per heavy atom. The van der Waals surface area contributed by atoms with Gasteiger partial charge in [-0.3, -0.25) is 10.1 Å². The van der Waals surface area contributed by atoms with Gasteiger partial charge >= 0.3 is 0 Å². The van der Waals surface area contributed by atoms with Crippen LogP contribution < -0.4 is 20.1 Å². The van der Waals surface area contributed by atoms with Gasteiger partial charge in [-0.25, -0.2) is 4.39 Å². The van der Waals surface area contributed by atoms with Gasteiger partial charge in [-0.2, -0.15) is 0 Å². The number of anilines is 1. The van der Waals surface area contributed by atoms with Gasteiger partial charge in [0.05, 0.1) is 11.7 Å². The van der Waals surface area contributed by atoms with E-state index in [1.54, 1.807) is 6.92 Å². The second-order valence-electron chi connectivity index (χ2n) is 7.13. The van der Waals surface area contributed by atoms with Crippen LogP contribution in [-0.4, -0.2) is 25.2 Å². The van der Waals surface area contributed by atoms with Crippen LogP contribution in [0.25, 0.3) is 0 Å². The molecule has 1 aliphatic heterocycles. The Morgan fingerprint density at radius 1 is 1.07 bits per heavy atom. The van der Waals surface area contributed by atoms with Crippen LogP contribution in [0.2, 0.25) is 5.02 Å². The van der Waals surface area contributed by atoms with E-state index in [4.69, 9.17) is 21.1 Å². The predicted octanol–water partition coefficient (Wildman–Crippen LogP) is 4.56. The maximum atomic E-state index is 13.9. The number of hydrogen-bond acceptors (Lipinski definition) is 4. The summed E-state index contributed by atoms with van der Waals surface area (Å²) in [5.41, 5.74) is 1.10. The summed E-state index contributed by atoms with van der Waals surface area (Å²) in [4.78, 5) is 12.6. The Bertz CT molecular complexity index is 860. The molecule has 0 aliphatic carbocycles. The first-order chi connectivity index (χ1) is 13.3. The fourth-order valence-electron chi connectivity index (χ4n) is 3.10. The second-order valence-corrected chi connectivity index (χ2v) is 7.56. The van der Waals surface area contributed by atoms with Crippen LogP contribution in [0.4, 0.5) is 10.1 Å². The summed E-state index contributed by atoms with van der Waals surface area (Å²) >= 11 is 5.75. The van der Waals surface area contributed by atoms with E-state index >= 15 is 0 Å². The number of ether oxygens (including phenoxy) is 2. The van der Waals surface area contributed by atoms with E-state index in [-0.39, 0.29) is 28.6 Å². The third-order valence-corrected chi connectivity index (χ3v) is 4.84. The van der Waals surface area contributed by atoms with Crippen molar-refractivity contribution in [3.05, 3.63) is 52.8 Å². The molecule has 0 aromatic heterocycles. The first-order valence-electron chi connectivity index (χ1n) is 9.26. The van der Waals surface area contributed by atoms with Gasteiger partial charge in [0.1, 0.15) is 19.0 Å². The quantitative estimate of drug-likeness (QED) is 0.738. The van der Waals surface area contributed by atoms with E-state index in [2.05, 4.69) is 24.5 Å². The second kappa shape index (κ2) is 8.80. The van der Waals surface area contributed by atoms with Gasteiger partial charge in [0.2, 0.25) is 5.91 Å². The fourth-order valence-corrected chi connectivity index (χ4v) is 3.26. The SMILES string of the molecule is CC(C)[C@H](N[C@@H](C)C(=O)Nc1ccc(Cl)cc1F)c1ccc2c(c1)OCCO2. The minimum Gasteiger partial charge on any atom is -0.486 e. The van der Waals surface area contributed by atoms with Crippen molar-refractivity contribution in [2.75, 3.05) is 18.5 Å². The largest absolute Gasteiger partial charge is 0.486 e. The van der Waals surface area contributed by atoms with E-state index in [0.29, 0.717) is 19.0 Å². The standard InChI is InChI=1S/C21H24ClFN2O3/c1-12(2)20(14-4-7-18-19(10-14)28-9-8-27-18)24-13(3)21(26)25-17-6-5-15(22)11-16(17)23/h4-7,10-13,20,24H,8-9H2,1-3H3,(H,25,26)/t13-,20-/m0/s1. The fraction of sp³-hybridized carbons (Fsp3) is 0.381. The molecular weight excluding hydrogens is 383 g/mol. The van der Waals surface area contributed by atoms with Crippen molar-refractivity contribution in [3.8, 4) is 11.5 Å². The lowest BCUT2D eigenvalue weighted by Crippen LogP contribution is -2.42. The van der Waals surface area contributed by atoms with Crippen molar-refractivity contribution >= 4 is 23.2 Å².